The average molecular weight is 244 g/mol. The molecule has 1 aromatic rings. The fraction of sp³-hybridized carbons (Fsp3) is 0.333. The average Bonchev–Trinajstić information content (AvgIpc) is 2.25. The predicted octanol–water partition coefficient (Wildman–Crippen LogP) is 1.75. The topological polar surface area (TPSA) is 109 Å². The summed E-state index contributed by atoms with van der Waals surface area (Å²) in [6.45, 7) is -0.278. The molecule has 0 aromatic heterocycles. The lowest BCUT2D eigenvalue weighted by Crippen LogP contribution is -2.21. The molecule has 0 amide bonds. The summed E-state index contributed by atoms with van der Waals surface area (Å²) in [4.78, 5) is 2.46. The molecular weight excluding hydrogens is 234 g/mol. The van der Waals surface area contributed by atoms with Crippen molar-refractivity contribution in [3.8, 4) is 5.75 Å². The summed E-state index contributed by atoms with van der Waals surface area (Å²) in [7, 11) is 0. The third-order valence-electron chi connectivity index (χ3n) is 2.01. The second-order valence-corrected chi connectivity index (χ2v) is 3.57. The van der Waals surface area contributed by atoms with Gasteiger partial charge in [-0.3, -0.25) is 0 Å². The monoisotopic (exact) mass is 243 g/mol. The molecule has 0 bridgehead atoms. The van der Waals surface area contributed by atoms with Crippen LogP contribution in [0.15, 0.2) is 23.3 Å². The standard InChI is InChI=1S/C9H10ClN3O3/c10-5-1-2-6(7(14)3-5)9(16)8(15)4-12-13-11/h1-3,8-9,14-16H,4H2. The van der Waals surface area contributed by atoms with Gasteiger partial charge in [0.25, 0.3) is 0 Å². The first-order valence-corrected chi connectivity index (χ1v) is 4.79. The van der Waals surface area contributed by atoms with Crippen molar-refractivity contribution in [1.29, 1.82) is 0 Å². The van der Waals surface area contributed by atoms with Crippen molar-refractivity contribution in [3.05, 3.63) is 39.2 Å². The van der Waals surface area contributed by atoms with Crippen LogP contribution in [0.1, 0.15) is 11.7 Å². The number of rotatable bonds is 4. The number of phenols is 1. The van der Waals surface area contributed by atoms with Gasteiger partial charge < -0.3 is 15.3 Å². The van der Waals surface area contributed by atoms with Crippen molar-refractivity contribution in [2.24, 2.45) is 5.11 Å². The summed E-state index contributed by atoms with van der Waals surface area (Å²) in [6, 6.07) is 4.11. The van der Waals surface area contributed by atoms with Crippen LogP contribution in [0.2, 0.25) is 5.02 Å². The lowest BCUT2D eigenvalue weighted by molar-refractivity contribution is 0.0230. The highest BCUT2D eigenvalue weighted by molar-refractivity contribution is 6.30. The molecule has 16 heavy (non-hydrogen) atoms. The molecule has 7 heteroatoms. The van der Waals surface area contributed by atoms with Gasteiger partial charge in [0.1, 0.15) is 11.9 Å². The number of aliphatic hydroxyl groups is 2. The Morgan fingerprint density at radius 1 is 1.44 bits per heavy atom. The molecule has 3 N–H and O–H groups in total. The van der Waals surface area contributed by atoms with Gasteiger partial charge >= 0.3 is 0 Å². The summed E-state index contributed by atoms with van der Waals surface area (Å²) in [5.74, 6) is -0.222. The van der Waals surface area contributed by atoms with E-state index in [1.54, 1.807) is 0 Å². The molecule has 0 aliphatic carbocycles. The van der Waals surface area contributed by atoms with Crippen molar-refractivity contribution < 1.29 is 15.3 Å². The van der Waals surface area contributed by atoms with E-state index in [2.05, 4.69) is 10.0 Å². The molecular formula is C9H10ClN3O3. The van der Waals surface area contributed by atoms with Gasteiger partial charge in [0.15, 0.2) is 0 Å². The molecule has 2 unspecified atom stereocenters. The number of hydrogen-bond acceptors (Lipinski definition) is 4. The van der Waals surface area contributed by atoms with Crippen LogP contribution in [0.25, 0.3) is 10.4 Å². The van der Waals surface area contributed by atoms with Gasteiger partial charge in [-0.05, 0) is 17.7 Å². The van der Waals surface area contributed by atoms with E-state index < -0.39 is 12.2 Å². The van der Waals surface area contributed by atoms with E-state index in [-0.39, 0.29) is 17.9 Å². The van der Waals surface area contributed by atoms with E-state index in [4.69, 9.17) is 17.1 Å². The van der Waals surface area contributed by atoms with Crippen LogP contribution in [-0.2, 0) is 0 Å². The molecule has 2 atom stereocenters. The Hall–Kier alpha value is -1.46. The Labute approximate surface area is 96.3 Å². The number of benzene rings is 1. The van der Waals surface area contributed by atoms with Crippen LogP contribution in [0.4, 0.5) is 0 Å². The van der Waals surface area contributed by atoms with Gasteiger partial charge in [-0.2, -0.15) is 0 Å². The van der Waals surface area contributed by atoms with E-state index in [1.807, 2.05) is 0 Å². The number of aliphatic hydroxyl groups excluding tert-OH is 2. The number of phenolic OH excluding ortho intramolecular Hbond substituents is 1. The number of hydrogen-bond donors (Lipinski definition) is 3. The molecule has 0 spiro atoms. The molecule has 1 rings (SSSR count). The van der Waals surface area contributed by atoms with Crippen LogP contribution in [0.3, 0.4) is 0 Å². The van der Waals surface area contributed by atoms with E-state index >= 15 is 0 Å². The molecule has 0 saturated carbocycles. The zero-order valence-corrected chi connectivity index (χ0v) is 8.91. The van der Waals surface area contributed by atoms with Crippen LogP contribution in [0, 0.1) is 0 Å². The van der Waals surface area contributed by atoms with Gasteiger partial charge in [-0.15, -0.1) is 0 Å². The second kappa shape index (κ2) is 5.58. The maximum absolute atomic E-state index is 9.65. The van der Waals surface area contributed by atoms with Crippen LogP contribution in [0.5, 0.6) is 5.75 Å². The maximum Gasteiger partial charge on any atom is 0.122 e. The maximum atomic E-state index is 9.65. The van der Waals surface area contributed by atoms with E-state index in [1.165, 1.54) is 18.2 Å². The minimum Gasteiger partial charge on any atom is -0.508 e. The van der Waals surface area contributed by atoms with Crippen LogP contribution >= 0.6 is 11.6 Å². The number of azide groups is 1. The molecule has 0 saturated heterocycles. The van der Waals surface area contributed by atoms with Gasteiger partial charge in [-0.25, -0.2) is 0 Å². The molecule has 6 nitrogen and oxygen atoms in total. The van der Waals surface area contributed by atoms with E-state index in [0.29, 0.717) is 5.02 Å². The molecule has 0 heterocycles. The van der Waals surface area contributed by atoms with Gasteiger partial charge in [0.05, 0.1) is 12.6 Å². The van der Waals surface area contributed by atoms with Gasteiger partial charge in [-0.1, -0.05) is 22.8 Å². The van der Waals surface area contributed by atoms with Crippen LogP contribution in [-0.4, -0.2) is 28.0 Å². The van der Waals surface area contributed by atoms with Gasteiger partial charge in [0.2, 0.25) is 0 Å². The third-order valence-corrected chi connectivity index (χ3v) is 2.24. The zero-order valence-electron chi connectivity index (χ0n) is 8.16. The Bertz CT molecular complexity index is 420. The molecule has 0 aliphatic rings. The third kappa shape index (κ3) is 3.01. The Balaban J connectivity index is 2.86. The van der Waals surface area contributed by atoms with Crippen molar-refractivity contribution in [1.82, 2.24) is 0 Å². The minimum atomic E-state index is -1.33. The number of halogens is 1. The van der Waals surface area contributed by atoms with Crippen LogP contribution < -0.4 is 0 Å². The number of aromatic hydroxyl groups is 1. The molecule has 0 radical (unpaired) electrons. The smallest absolute Gasteiger partial charge is 0.122 e. The Morgan fingerprint density at radius 3 is 2.69 bits per heavy atom. The van der Waals surface area contributed by atoms with E-state index in [9.17, 15) is 15.3 Å². The summed E-state index contributed by atoms with van der Waals surface area (Å²) < 4.78 is 0. The molecule has 86 valence electrons. The zero-order chi connectivity index (χ0) is 12.1. The minimum absolute atomic E-state index is 0.130. The Kier molecular flexibility index (Phi) is 4.39. The highest BCUT2D eigenvalue weighted by Gasteiger charge is 2.20. The van der Waals surface area contributed by atoms with Crippen molar-refractivity contribution in [2.45, 2.75) is 12.2 Å². The quantitative estimate of drug-likeness (QED) is 0.426. The predicted molar refractivity (Wildman–Crippen MR) is 58.1 cm³/mol. The fourth-order valence-electron chi connectivity index (χ4n) is 1.19. The molecule has 0 fully saturated rings. The van der Waals surface area contributed by atoms with Crippen molar-refractivity contribution in [2.75, 3.05) is 6.54 Å². The fourth-order valence-corrected chi connectivity index (χ4v) is 1.36. The SMILES string of the molecule is [N-]=[N+]=NCC(O)C(O)c1ccc(Cl)cc1O. The largest absolute Gasteiger partial charge is 0.508 e. The highest BCUT2D eigenvalue weighted by atomic mass is 35.5. The summed E-state index contributed by atoms with van der Waals surface area (Å²) in [6.07, 6.45) is -2.61. The Morgan fingerprint density at radius 2 is 2.12 bits per heavy atom. The highest BCUT2D eigenvalue weighted by Crippen LogP contribution is 2.29. The van der Waals surface area contributed by atoms with E-state index in [0.717, 1.165) is 0 Å². The first kappa shape index (κ1) is 12.6. The van der Waals surface area contributed by atoms with Crippen molar-refractivity contribution >= 4 is 11.6 Å². The first-order chi connectivity index (χ1) is 7.56. The summed E-state index contributed by atoms with van der Waals surface area (Å²) in [5.41, 5.74) is 8.19. The normalized spacial score (nSPS) is 13.9. The summed E-state index contributed by atoms with van der Waals surface area (Å²) >= 11 is 5.61. The van der Waals surface area contributed by atoms with Gasteiger partial charge in [0, 0.05) is 15.5 Å². The molecule has 1 aromatic carbocycles. The van der Waals surface area contributed by atoms with Crippen molar-refractivity contribution in [3.63, 3.8) is 0 Å². The molecule has 0 aliphatic heterocycles. The lowest BCUT2D eigenvalue weighted by atomic mass is 10.0. The number of nitrogens with zero attached hydrogens (tertiary/aromatic N) is 3. The lowest BCUT2D eigenvalue weighted by Gasteiger charge is -2.17. The summed E-state index contributed by atoms with van der Waals surface area (Å²) in [5, 5.41) is 32.0. The second-order valence-electron chi connectivity index (χ2n) is 3.13. The first-order valence-electron chi connectivity index (χ1n) is 4.41.